The highest BCUT2D eigenvalue weighted by Crippen LogP contribution is 2.31. The highest BCUT2D eigenvalue weighted by molar-refractivity contribution is 6.02. The molecule has 0 heterocycles. The minimum Gasteiger partial charge on any atom is -0.507 e. The number of phenols is 2. The van der Waals surface area contributed by atoms with Crippen molar-refractivity contribution in [3.8, 4) is 11.5 Å². The molecule has 2 aromatic rings. The first kappa shape index (κ1) is 14.7. The van der Waals surface area contributed by atoms with Gasteiger partial charge in [-0.05, 0) is 49.3 Å². The Morgan fingerprint density at radius 1 is 1.09 bits per heavy atom. The van der Waals surface area contributed by atoms with Crippen LogP contribution in [0.15, 0.2) is 30.3 Å². The molecule has 2 aromatic carbocycles. The Kier molecular flexibility index (Phi) is 3.90. The summed E-state index contributed by atoms with van der Waals surface area (Å²) in [4.78, 5) is 12.4. The molecule has 0 radical (unpaired) electrons. The molecule has 1 aliphatic rings. The maximum absolute atomic E-state index is 12.4. The van der Waals surface area contributed by atoms with Gasteiger partial charge in [0.1, 0.15) is 11.5 Å². The second-order valence-electron chi connectivity index (χ2n) is 5.95. The maximum Gasteiger partial charge on any atom is 0.255 e. The zero-order valence-corrected chi connectivity index (χ0v) is 12.2. The first-order valence-corrected chi connectivity index (χ1v) is 7.56. The fourth-order valence-electron chi connectivity index (χ4n) is 3.01. The largest absolute Gasteiger partial charge is 0.507 e. The number of rotatable bonds is 2. The van der Waals surface area contributed by atoms with Crippen LogP contribution in [0.3, 0.4) is 0 Å². The molecule has 0 aromatic heterocycles. The van der Waals surface area contributed by atoms with Crippen molar-refractivity contribution in [2.24, 2.45) is 5.73 Å². The second kappa shape index (κ2) is 5.85. The predicted octanol–water partition coefficient (Wildman–Crippen LogP) is 2.25. The van der Waals surface area contributed by atoms with Crippen LogP contribution in [0.4, 0.5) is 0 Å². The summed E-state index contributed by atoms with van der Waals surface area (Å²) in [6, 6.07) is 8.41. The van der Waals surface area contributed by atoms with Gasteiger partial charge >= 0.3 is 0 Å². The monoisotopic (exact) mass is 300 g/mol. The molecule has 1 aliphatic carbocycles. The number of hydrogen-bond donors (Lipinski definition) is 4. The Morgan fingerprint density at radius 2 is 1.82 bits per heavy atom. The summed E-state index contributed by atoms with van der Waals surface area (Å²) in [5.41, 5.74) is 6.09. The van der Waals surface area contributed by atoms with Gasteiger partial charge in [0.05, 0.1) is 5.56 Å². The number of benzene rings is 2. The van der Waals surface area contributed by atoms with Crippen LogP contribution < -0.4 is 11.1 Å². The van der Waals surface area contributed by atoms with E-state index in [1.165, 1.54) is 6.07 Å². The third-order valence-electron chi connectivity index (χ3n) is 4.33. The highest BCUT2D eigenvalue weighted by Gasteiger charge is 2.22. The van der Waals surface area contributed by atoms with Crippen molar-refractivity contribution in [2.75, 3.05) is 0 Å². The van der Waals surface area contributed by atoms with Gasteiger partial charge in [0, 0.05) is 17.5 Å². The second-order valence-corrected chi connectivity index (χ2v) is 5.95. The molecule has 0 atom stereocenters. The zero-order valence-electron chi connectivity index (χ0n) is 12.2. The molecule has 1 fully saturated rings. The molecule has 5 N–H and O–H groups in total. The van der Waals surface area contributed by atoms with Crippen LogP contribution in [0.1, 0.15) is 36.0 Å². The summed E-state index contributed by atoms with van der Waals surface area (Å²) in [6.07, 6.45) is 3.54. The van der Waals surface area contributed by atoms with Gasteiger partial charge in [-0.15, -0.1) is 0 Å². The average Bonchev–Trinajstić information content (AvgIpc) is 2.50. The number of fused-ring (bicyclic) bond motifs is 1. The molecule has 22 heavy (non-hydrogen) atoms. The van der Waals surface area contributed by atoms with Gasteiger partial charge in [-0.2, -0.15) is 0 Å². The molecule has 3 rings (SSSR count). The molecule has 0 aliphatic heterocycles. The normalized spacial score (nSPS) is 21.7. The number of carbonyl (C=O) groups is 1. The van der Waals surface area contributed by atoms with Crippen LogP contribution in [-0.4, -0.2) is 28.2 Å². The summed E-state index contributed by atoms with van der Waals surface area (Å²) in [5, 5.41) is 24.1. The summed E-state index contributed by atoms with van der Waals surface area (Å²) in [5.74, 6) is -0.330. The fraction of sp³-hybridized carbons (Fsp3) is 0.353. The van der Waals surface area contributed by atoms with Crippen LogP contribution in [0, 0.1) is 0 Å². The molecular weight excluding hydrogens is 280 g/mol. The first-order valence-electron chi connectivity index (χ1n) is 7.56. The number of hydrogen-bond acceptors (Lipinski definition) is 4. The smallest absolute Gasteiger partial charge is 0.255 e. The molecule has 5 heteroatoms. The third kappa shape index (κ3) is 2.85. The first-order chi connectivity index (χ1) is 10.5. The third-order valence-corrected chi connectivity index (χ3v) is 4.33. The Labute approximate surface area is 128 Å². The van der Waals surface area contributed by atoms with Crippen LogP contribution >= 0.6 is 0 Å². The number of nitrogens with one attached hydrogen (secondary N) is 1. The van der Waals surface area contributed by atoms with Crippen molar-refractivity contribution in [3.05, 3.63) is 35.9 Å². The number of nitrogens with two attached hydrogens (primary N) is 1. The van der Waals surface area contributed by atoms with Crippen LogP contribution in [0.2, 0.25) is 0 Å². The maximum atomic E-state index is 12.4. The van der Waals surface area contributed by atoms with Crippen LogP contribution in [-0.2, 0) is 0 Å². The number of aromatic hydroxyl groups is 2. The van der Waals surface area contributed by atoms with Gasteiger partial charge in [0.15, 0.2) is 0 Å². The molecule has 0 saturated heterocycles. The predicted molar refractivity (Wildman–Crippen MR) is 85.0 cm³/mol. The fourth-order valence-corrected chi connectivity index (χ4v) is 3.01. The molecule has 1 saturated carbocycles. The van der Waals surface area contributed by atoms with Gasteiger partial charge in [-0.3, -0.25) is 4.79 Å². The zero-order chi connectivity index (χ0) is 15.7. The van der Waals surface area contributed by atoms with Crippen molar-refractivity contribution >= 4 is 16.7 Å². The Balaban J connectivity index is 1.83. The van der Waals surface area contributed by atoms with Gasteiger partial charge in [-0.1, -0.05) is 12.1 Å². The van der Waals surface area contributed by atoms with Crippen molar-refractivity contribution in [3.63, 3.8) is 0 Å². The average molecular weight is 300 g/mol. The van der Waals surface area contributed by atoms with E-state index in [2.05, 4.69) is 5.32 Å². The van der Waals surface area contributed by atoms with E-state index in [0.717, 1.165) is 25.7 Å². The lowest BCUT2D eigenvalue weighted by Gasteiger charge is -2.26. The van der Waals surface area contributed by atoms with Gasteiger partial charge < -0.3 is 21.3 Å². The lowest BCUT2D eigenvalue weighted by Crippen LogP contribution is -2.40. The summed E-state index contributed by atoms with van der Waals surface area (Å²) in [7, 11) is 0. The van der Waals surface area contributed by atoms with E-state index < -0.39 is 0 Å². The van der Waals surface area contributed by atoms with E-state index >= 15 is 0 Å². The van der Waals surface area contributed by atoms with Crippen molar-refractivity contribution < 1.29 is 15.0 Å². The standard InChI is InChI=1S/C17H20N2O3/c18-11-4-6-12(7-5-11)19-17(22)14-8-10-2-1-3-15(20)13(10)9-16(14)21/h1-3,8-9,11-12,20-21H,4-7,18H2,(H,19,22). The van der Waals surface area contributed by atoms with E-state index in [-0.39, 0.29) is 35.1 Å². The van der Waals surface area contributed by atoms with Gasteiger partial charge in [0.2, 0.25) is 0 Å². The lowest BCUT2D eigenvalue weighted by molar-refractivity contribution is 0.0923. The van der Waals surface area contributed by atoms with E-state index in [1.54, 1.807) is 24.3 Å². The molecule has 5 nitrogen and oxygen atoms in total. The quantitative estimate of drug-likeness (QED) is 0.684. The number of carbonyl (C=O) groups excluding carboxylic acids is 1. The van der Waals surface area contributed by atoms with Gasteiger partial charge in [-0.25, -0.2) is 0 Å². The van der Waals surface area contributed by atoms with E-state index in [4.69, 9.17) is 5.73 Å². The minimum absolute atomic E-state index is 0.0843. The summed E-state index contributed by atoms with van der Waals surface area (Å²) < 4.78 is 0. The van der Waals surface area contributed by atoms with Crippen LogP contribution in [0.5, 0.6) is 11.5 Å². The van der Waals surface area contributed by atoms with Crippen molar-refractivity contribution in [1.82, 2.24) is 5.32 Å². The Morgan fingerprint density at radius 3 is 2.55 bits per heavy atom. The summed E-state index contributed by atoms with van der Waals surface area (Å²) in [6.45, 7) is 0. The molecule has 0 unspecified atom stereocenters. The van der Waals surface area contributed by atoms with E-state index in [1.807, 2.05) is 0 Å². The topological polar surface area (TPSA) is 95.6 Å². The molecule has 0 spiro atoms. The van der Waals surface area contributed by atoms with E-state index in [0.29, 0.717) is 10.8 Å². The summed E-state index contributed by atoms with van der Waals surface area (Å²) >= 11 is 0. The molecule has 116 valence electrons. The molecule has 0 bridgehead atoms. The van der Waals surface area contributed by atoms with Crippen molar-refractivity contribution in [2.45, 2.75) is 37.8 Å². The van der Waals surface area contributed by atoms with Crippen LogP contribution in [0.25, 0.3) is 10.8 Å². The molecular formula is C17H20N2O3. The lowest BCUT2D eigenvalue weighted by atomic mass is 9.91. The molecule has 1 amide bonds. The highest BCUT2D eigenvalue weighted by atomic mass is 16.3. The van der Waals surface area contributed by atoms with E-state index in [9.17, 15) is 15.0 Å². The minimum atomic E-state index is -0.289. The van der Waals surface area contributed by atoms with Gasteiger partial charge in [0.25, 0.3) is 5.91 Å². The Hall–Kier alpha value is -2.27. The SMILES string of the molecule is NC1CCC(NC(=O)c2cc3cccc(O)c3cc2O)CC1. The number of amides is 1. The Bertz CT molecular complexity index is 706. The van der Waals surface area contributed by atoms with Crippen molar-refractivity contribution in [1.29, 1.82) is 0 Å². The number of phenolic OH excluding ortho intramolecular Hbond substituents is 2.